The number of hydrogen-bond acceptors (Lipinski definition) is 3. The molecule has 2 atom stereocenters. The van der Waals surface area contributed by atoms with Crippen LogP contribution in [0.4, 0.5) is 0 Å². The third-order valence-corrected chi connectivity index (χ3v) is 6.94. The third-order valence-electron chi connectivity index (χ3n) is 6.94. The second kappa shape index (κ2) is 9.51. The normalized spacial score (nSPS) is 25.9. The van der Waals surface area contributed by atoms with Gasteiger partial charge in [0.1, 0.15) is 0 Å². The van der Waals surface area contributed by atoms with Gasteiger partial charge >= 0.3 is 0 Å². The maximum absolute atomic E-state index is 12.6. The van der Waals surface area contributed by atoms with Crippen LogP contribution >= 0.6 is 0 Å². The van der Waals surface area contributed by atoms with Crippen LogP contribution < -0.4 is 5.32 Å². The monoisotopic (exact) mass is 411 g/mol. The smallest absolute Gasteiger partial charge is 0.225 e. The maximum atomic E-state index is 12.6. The van der Waals surface area contributed by atoms with Gasteiger partial charge in [-0.25, -0.2) is 0 Å². The highest BCUT2D eigenvalue weighted by atomic mass is 16.2. The highest BCUT2D eigenvalue weighted by Crippen LogP contribution is 2.32. The maximum Gasteiger partial charge on any atom is 0.225 e. The van der Waals surface area contributed by atoms with Gasteiger partial charge in [-0.2, -0.15) is 0 Å². The lowest BCUT2D eigenvalue weighted by atomic mass is 9.91. The largest absolute Gasteiger partial charge is 0.352 e. The topological polar surface area (TPSA) is 52.7 Å². The molecular weight excluding hydrogens is 374 g/mol. The van der Waals surface area contributed by atoms with Gasteiger partial charge in [0.2, 0.25) is 11.8 Å². The zero-order chi connectivity index (χ0) is 21.1. The predicted molar refractivity (Wildman–Crippen MR) is 119 cm³/mol. The second-order valence-corrected chi connectivity index (χ2v) is 10.0. The lowest BCUT2D eigenvalue weighted by molar-refractivity contribution is -0.136. The molecule has 1 aromatic carbocycles. The van der Waals surface area contributed by atoms with Crippen molar-refractivity contribution in [3.8, 4) is 0 Å². The summed E-state index contributed by atoms with van der Waals surface area (Å²) in [6.07, 6.45) is 5.01. The van der Waals surface area contributed by atoms with Gasteiger partial charge in [0.25, 0.3) is 0 Å². The Kier molecular flexibility index (Phi) is 6.77. The van der Waals surface area contributed by atoms with E-state index < -0.39 is 0 Å². The summed E-state index contributed by atoms with van der Waals surface area (Å²) < 4.78 is 0. The Hall–Kier alpha value is -1.88. The Morgan fingerprint density at radius 3 is 2.10 bits per heavy atom. The minimum Gasteiger partial charge on any atom is -0.352 e. The zero-order valence-corrected chi connectivity index (χ0v) is 18.6. The quantitative estimate of drug-likeness (QED) is 0.780. The standard InChI is InChI=1S/C25H37N3O2/c1-18-13-19(2)16-27(15-18)17-21-5-3-20(4-6-21)14-26-24(29)22-9-11-28(12-10-22)25(30)23-7-8-23/h3-6,18-19,22-23H,7-17H2,1-2H3,(H,26,29)/t18-,19-/m0/s1. The van der Waals surface area contributed by atoms with Crippen LogP contribution in [0, 0.1) is 23.7 Å². The van der Waals surface area contributed by atoms with Crippen molar-refractivity contribution in [2.45, 2.75) is 59.0 Å². The van der Waals surface area contributed by atoms with Crippen LogP contribution in [0.25, 0.3) is 0 Å². The molecular formula is C25H37N3O2. The minimum atomic E-state index is 0.0376. The Morgan fingerprint density at radius 2 is 1.50 bits per heavy atom. The number of piperidine rings is 2. The number of nitrogens with one attached hydrogen (secondary N) is 1. The molecule has 5 nitrogen and oxygen atoms in total. The van der Waals surface area contributed by atoms with Crippen LogP contribution in [0.2, 0.25) is 0 Å². The first-order chi connectivity index (χ1) is 14.5. The summed E-state index contributed by atoms with van der Waals surface area (Å²) in [6, 6.07) is 8.69. The number of likely N-dealkylation sites (tertiary alicyclic amines) is 2. The van der Waals surface area contributed by atoms with Crippen LogP contribution in [0.15, 0.2) is 24.3 Å². The molecule has 164 valence electrons. The molecule has 2 saturated heterocycles. The summed E-state index contributed by atoms with van der Waals surface area (Å²) in [6.45, 7) is 10.1. The molecule has 0 bridgehead atoms. The highest BCUT2D eigenvalue weighted by Gasteiger charge is 2.35. The lowest BCUT2D eigenvalue weighted by Crippen LogP contribution is -2.43. The van der Waals surface area contributed by atoms with E-state index in [4.69, 9.17) is 0 Å². The van der Waals surface area contributed by atoms with Crippen LogP contribution in [0.1, 0.15) is 57.1 Å². The molecule has 30 heavy (non-hydrogen) atoms. The molecule has 1 N–H and O–H groups in total. The van der Waals surface area contributed by atoms with Gasteiger partial charge in [-0.05, 0) is 55.1 Å². The molecule has 0 aromatic heterocycles. The fourth-order valence-electron chi connectivity index (χ4n) is 5.23. The van der Waals surface area contributed by atoms with Crippen molar-refractivity contribution >= 4 is 11.8 Å². The fraction of sp³-hybridized carbons (Fsp3) is 0.680. The van der Waals surface area contributed by atoms with E-state index >= 15 is 0 Å². The Bertz CT molecular complexity index is 725. The first kappa shape index (κ1) is 21.4. The van der Waals surface area contributed by atoms with E-state index in [9.17, 15) is 9.59 Å². The summed E-state index contributed by atoms with van der Waals surface area (Å²) >= 11 is 0. The highest BCUT2D eigenvalue weighted by molar-refractivity contribution is 5.82. The van der Waals surface area contributed by atoms with Crippen molar-refractivity contribution in [3.05, 3.63) is 35.4 Å². The van der Waals surface area contributed by atoms with E-state index in [1.54, 1.807) is 0 Å². The van der Waals surface area contributed by atoms with Crippen LogP contribution in [-0.4, -0.2) is 47.8 Å². The molecule has 0 unspecified atom stereocenters. The molecule has 1 saturated carbocycles. The fourth-order valence-corrected chi connectivity index (χ4v) is 5.23. The summed E-state index contributed by atoms with van der Waals surface area (Å²) in [7, 11) is 0. The van der Waals surface area contributed by atoms with Crippen molar-refractivity contribution in [1.82, 2.24) is 15.1 Å². The molecule has 1 aliphatic carbocycles. The first-order valence-electron chi connectivity index (χ1n) is 11.8. The van der Waals surface area contributed by atoms with Crippen LogP contribution in [0.3, 0.4) is 0 Å². The molecule has 3 fully saturated rings. The van der Waals surface area contributed by atoms with Gasteiger partial charge in [0, 0.05) is 51.1 Å². The average Bonchev–Trinajstić information content (AvgIpc) is 3.57. The molecule has 2 heterocycles. The first-order valence-corrected chi connectivity index (χ1v) is 11.8. The van der Waals surface area contributed by atoms with E-state index in [-0.39, 0.29) is 17.7 Å². The molecule has 1 aromatic rings. The molecule has 3 aliphatic rings. The van der Waals surface area contributed by atoms with E-state index in [1.807, 2.05) is 4.90 Å². The van der Waals surface area contributed by atoms with Gasteiger partial charge < -0.3 is 10.2 Å². The number of carbonyl (C=O) groups is 2. The van der Waals surface area contributed by atoms with E-state index in [0.29, 0.717) is 12.5 Å². The van der Waals surface area contributed by atoms with Gasteiger partial charge in [-0.15, -0.1) is 0 Å². The Morgan fingerprint density at radius 1 is 0.900 bits per heavy atom. The van der Waals surface area contributed by atoms with Gasteiger partial charge in [-0.3, -0.25) is 14.5 Å². The number of carbonyl (C=O) groups excluding carboxylic acids is 2. The summed E-state index contributed by atoms with van der Waals surface area (Å²) in [5, 5.41) is 3.11. The number of rotatable bonds is 6. The third kappa shape index (κ3) is 5.63. The molecule has 0 radical (unpaired) electrons. The summed E-state index contributed by atoms with van der Waals surface area (Å²) in [5.41, 5.74) is 2.49. The van der Waals surface area contributed by atoms with Crippen molar-refractivity contribution < 1.29 is 9.59 Å². The van der Waals surface area contributed by atoms with Crippen molar-refractivity contribution in [3.63, 3.8) is 0 Å². The average molecular weight is 412 g/mol. The number of nitrogens with zero attached hydrogens (tertiary/aromatic N) is 2. The summed E-state index contributed by atoms with van der Waals surface area (Å²) in [4.78, 5) is 29.2. The summed E-state index contributed by atoms with van der Waals surface area (Å²) in [5.74, 6) is 2.32. The van der Waals surface area contributed by atoms with E-state index in [2.05, 4.69) is 48.3 Å². The van der Waals surface area contributed by atoms with Crippen molar-refractivity contribution in [2.24, 2.45) is 23.7 Å². The lowest BCUT2D eigenvalue weighted by Gasteiger charge is -2.35. The van der Waals surface area contributed by atoms with Gasteiger partial charge in [-0.1, -0.05) is 38.1 Å². The van der Waals surface area contributed by atoms with Crippen molar-refractivity contribution in [1.29, 1.82) is 0 Å². The molecule has 2 amide bonds. The van der Waals surface area contributed by atoms with Gasteiger partial charge in [0.15, 0.2) is 0 Å². The minimum absolute atomic E-state index is 0.0376. The Labute approximate surface area is 181 Å². The number of amides is 2. The van der Waals surface area contributed by atoms with Gasteiger partial charge in [0.05, 0.1) is 0 Å². The number of hydrogen-bond donors (Lipinski definition) is 1. The number of benzene rings is 1. The SMILES string of the molecule is C[C@H]1C[C@H](C)CN(Cc2ccc(CNC(=O)C3CCN(C(=O)C4CC4)CC3)cc2)C1. The molecule has 2 aliphatic heterocycles. The second-order valence-electron chi connectivity index (χ2n) is 10.0. The predicted octanol–water partition coefficient (Wildman–Crippen LogP) is 3.43. The molecule has 0 spiro atoms. The Balaban J connectivity index is 1.19. The zero-order valence-electron chi connectivity index (χ0n) is 18.6. The van der Waals surface area contributed by atoms with Crippen molar-refractivity contribution in [2.75, 3.05) is 26.2 Å². The van der Waals surface area contributed by atoms with E-state index in [1.165, 1.54) is 25.1 Å². The van der Waals surface area contributed by atoms with Crippen LogP contribution in [0.5, 0.6) is 0 Å². The molecule has 5 heteroatoms. The van der Waals surface area contributed by atoms with E-state index in [0.717, 1.165) is 62.7 Å². The van der Waals surface area contributed by atoms with Crippen LogP contribution in [-0.2, 0) is 22.7 Å². The molecule has 4 rings (SSSR count).